The number of rotatable bonds is 9. The summed E-state index contributed by atoms with van der Waals surface area (Å²) < 4.78 is 16.5. The molecule has 9 nitrogen and oxygen atoms in total. The predicted octanol–water partition coefficient (Wildman–Crippen LogP) is 4.14. The van der Waals surface area contributed by atoms with Gasteiger partial charge >= 0.3 is 0 Å². The first kappa shape index (κ1) is 25.1. The second-order valence-electron chi connectivity index (χ2n) is 8.79. The van der Waals surface area contributed by atoms with E-state index in [0.29, 0.717) is 23.0 Å². The molecule has 1 aliphatic carbocycles. The molecule has 2 heterocycles. The van der Waals surface area contributed by atoms with Crippen LogP contribution >= 0.6 is 0 Å². The van der Waals surface area contributed by atoms with Crippen LogP contribution in [0.4, 0.5) is 5.69 Å². The Bertz CT molecular complexity index is 1180. The molecule has 3 aromatic rings. The Hall–Kier alpha value is -4.01. The first-order valence-electron chi connectivity index (χ1n) is 12.1. The van der Waals surface area contributed by atoms with E-state index in [9.17, 15) is 14.4 Å². The highest BCUT2D eigenvalue weighted by atomic mass is 16.5. The molecule has 190 valence electrons. The SMILES string of the molecule is COc1ccccc1N(C(=O)CNC(=O)c1ccco1)[C@H](C(=O)NC1CCCCC1)c1ccc(C)o1. The number of amides is 3. The fourth-order valence-electron chi connectivity index (χ4n) is 4.48. The van der Waals surface area contributed by atoms with E-state index in [1.165, 1.54) is 24.3 Å². The van der Waals surface area contributed by atoms with Crippen molar-refractivity contribution in [3.05, 3.63) is 72.1 Å². The largest absolute Gasteiger partial charge is 0.495 e. The lowest BCUT2D eigenvalue weighted by atomic mass is 9.95. The quantitative estimate of drug-likeness (QED) is 0.463. The molecular weight excluding hydrogens is 462 g/mol. The minimum absolute atomic E-state index is 0.0260. The molecule has 2 aromatic heterocycles. The van der Waals surface area contributed by atoms with Gasteiger partial charge in [-0.25, -0.2) is 0 Å². The van der Waals surface area contributed by atoms with Crippen LogP contribution in [0.15, 0.2) is 63.6 Å². The molecule has 0 bridgehead atoms. The molecule has 0 aliphatic heterocycles. The van der Waals surface area contributed by atoms with Crippen LogP contribution in [0.3, 0.4) is 0 Å². The number of carbonyl (C=O) groups is 3. The highest BCUT2D eigenvalue weighted by Gasteiger charge is 2.37. The maximum atomic E-state index is 13.8. The number of anilines is 1. The molecule has 0 spiro atoms. The number of para-hydroxylation sites is 2. The fraction of sp³-hybridized carbons (Fsp3) is 0.370. The third-order valence-corrected chi connectivity index (χ3v) is 6.25. The van der Waals surface area contributed by atoms with Gasteiger partial charge in [-0.1, -0.05) is 31.4 Å². The van der Waals surface area contributed by atoms with Gasteiger partial charge in [0.05, 0.1) is 25.6 Å². The summed E-state index contributed by atoms with van der Waals surface area (Å²) in [4.78, 5) is 41.2. The van der Waals surface area contributed by atoms with Gasteiger partial charge in [0.1, 0.15) is 17.3 Å². The normalized spacial score (nSPS) is 14.6. The second-order valence-corrected chi connectivity index (χ2v) is 8.79. The molecule has 1 atom stereocenters. The van der Waals surface area contributed by atoms with Crippen molar-refractivity contribution in [2.75, 3.05) is 18.6 Å². The van der Waals surface area contributed by atoms with Gasteiger partial charge < -0.3 is 24.2 Å². The smallest absolute Gasteiger partial charge is 0.287 e. The molecule has 0 saturated heterocycles. The molecular formula is C27H31N3O6. The van der Waals surface area contributed by atoms with Crippen molar-refractivity contribution in [3.8, 4) is 5.75 Å². The summed E-state index contributed by atoms with van der Waals surface area (Å²) in [6.07, 6.45) is 6.39. The van der Waals surface area contributed by atoms with E-state index in [4.69, 9.17) is 13.6 Å². The Kier molecular flexibility index (Phi) is 8.10. The van der Waals surface area contributed by atoms with Crippen LogP contribution in [-0.4, -0.2) is 37.4 Å². The van der Waals surface area contributed by atoms with Crippen LogP contribution in [0.2, 0.25) is 0 Å². The van der Waals surface area contributed by atoms with Crippen molar-refractivity contribution < 1.29 is 28.0 Å². The minimum atomic E-state index is -1.11. The Labute approximate surface area is 209 Å². The molecule has 1 fully saturated rings. The van der Waals surface area contributed by atoms with Crippen molar-refractivity contribution in [1.82, 2.24) is 10.6 Å². The number of furan rings is 2. The highest BCUT2D eigenvalue weighted by molar-refractivity contribution is 6.04. The number of nitrogens with zero attached hydrogens (tertiary/aromatic N) is 1. The standard InChI is InChI=1S/C27H31N3O6/c1-18-14-15-22(36-18)25(27(33)29-19-9-4-3-5-10-19)30(20-11-6-7-12-21(20)34-2)24(31)17-28-26(32)23-13-8-16-35-23/h6-8,11-16,19,25H,3-5,9-10,17H2,1-2H3,(H,28,32)(H,29,33)/t25-/m0/s1. The van der Waals surface area contributed by atoms with Gasteiger partial charge in [-0.15, -0.1) is 0 Å². The van der Waals surface area contributed by atoms with E-state index in [-0.39, 0.29) is 24.3 Å². The zero-order valence-electron chi connectivity index (χ0n) is 20.5. The Morgan fingerprint density at radius 2 is 1.83 bits per heavy atom. The molecule has 4 rings (SSSR count). The summed E-state index contributed by atoms with van der Waals surface area (Å²) in [7, 11) is 1.49. The van der Waals surface area contributed by atoms with E-state index in [2.05, 4.69) is 10.6 Å². The molecule has 1 aliphatic rings. The minimum Gasteiger partial charge on any atom is -0.495 e. The van der Waals surface area contributed by atoms with Gasteiger partial charge in [0.25, 0.3) is 11.8 Å². The zero-order chi connectivity index (χ0) is 25.5. The van der Waals surface area contributed by atoms with Crippen molar-refractivity contribution >= 4 is 23.4 Å². The van der Waals surface area contributed by atoms with Gasteiger partial charge in [-0.05, 0) is 56.2 Å². The average molecular weight is 494 g/mol. The third-order valence-electron chi connectivity index (χ3n) is 6.25. The molecule has 9 heteroatoms. The molecule has 0 radical (unpaired) electrons. The maximum Gasteiger partial charge on any atom is 0.287 e. The van der Waals surface area contributed by atoms with Gasteiger partial charge in [0, 0.05) is 6.04 Å². The number of aryl methyl sites for hydroxylation is 1. The average Bonchev–Trinajstić information content (AvgIpc) is 3.58. The van der Waals surface area contributed by atoms with E-state index in [0.717, 1.165) is 32.1 Å². The Balaban J connectivity index is 1.69. The lowest BCUT2D eigenvalue weighted by Crippen LogP contribution is -2.49. The number of benzene rings is 1. The van der Waals surface area contributed by atoms with Crippen molar-refractivity contribution in [2.24, 2.45) is 0 Å². The molecule has 3 amide bonds. The number of ether oxygens (including phenoxy) is 1. The van der Waals surface area contributed by atoms with Gasteiger partial charge in [0.15, 0.2) is 11.8 Å². The molecule has 2 N–H and O–H groups in total. The fourth-order valence-corrected chi connectivity index (χ4v) is 4.48. The van der Waals surface area contributed by atoms with Crippen LogP contribution in [0.25, 0.3) is 0 Å². The lowest BCUT2D eigenvalue weighted by Gasteiger charge is -2.32. The van der Waals surface area contributed by atoms with Crippen molar-refractivity contribution in [3.63, 3.8) is 0 Å². The van der Waals surface area contributed by atoms with Gasteiger partial charge in [-0.2, -0.15) is 0 Å². The Morgan fingerprint density at radius 1 is 1.06 bits per heavy atom. The van der Waals surface area contributed by atoms with Crippen LogP contribution in [0, 0.1) is 6.92 Å². The van der Waals surface area contributed by atoms with Crippen LogP contribution < -0.4 is 20.3 Å². The zero-order valence-corrected chi connectivity index (χ0v) is 20.5. The molecule has 36 heavy (non-hydrogen) atoms. The maximum absolute atomic E-state index is 13.8. The van der Waals surface area contributed by atoms with Crippen LogP contribution in [-0.2, 0) is 9.59 Å². The van der Waals surface area contributed by atoms with Crippen molar-refractivity contribution in [1.29, 1.82) is 0 Å². The van der Waals surface area contributed by atoms with Gasteiger partial charge in [-0.3, -0.25) is 19.3 Å². The second kappa shape index (κ2) is 11.6. The Morgan fingerprint density at radius 3 is 2.50 bits per heavy atom. The highest BCUT2D eigenvalue weighted by Crippen LogP contribution is 2.35. The van der Waals surface area contributed by atoms with E-state index >= 15 is 0 Å². The summed E-state index contributed by atoms with van der Waals surface area (Å²) in [5.74, 6) is 0.00814. The summed E-state index contributed by atoms with van der Waals surface area (Å²) in [6, 6.07) is 12.4. The third kappa shape index (κ3) is 5.79. The summed E-state index contributed by atoms with van der Waals surface area (Å²) in [5.41, 5.74) is 0.384. The lowest BCUT2D eigenvalue weighted by molar-refractivity contribution is -0.127. The van der Waals surface area contributed by atoms with Crippen LogP contribution in [0.5, 0.6) is 5.75 Å². The van der Waals surface area contributed by atoms with Crippen molar-refractivity contribution in [2.45, 2.75) is 51.1 Å². The first-order valence-corrected chi connectivity index (χ1v) is 12.1. The van der Waals surface area contributed by atoms with E-state index < -0.39 is 17.9 Å². The van der Waals surface area contributed by atoms with Gasteiger partial charge in [0.2, 0.25) is 5.91 Å². The van der Waals surface area contributed by atoms with E-state index in [1.54, 1.807) is 49.4 Å². The molecule has 0 unspecified atom stereocenters. The van der Waals surface area contributed by atoms with Crippen LogP contribution in [0.1, 0.15) is 60.2 Å². The monoisotopic (exact) mass is 493 g/mol. The number of methoxy groups -OCH3 is 1. The first-order chi connectivity index (χ1) is 17.5. The summed E-state index contributed by atoms with van der Waals surface area (Å²) in [5, 5.41) is 5.70. The molecule has 1 saturated carbocycles. The number of hydrogen-bond acceptors (Lipinski definition) is 6. The number of hydrogen-bond donors (Lipinski definition) is 2. The number of carbonyl (C=O) groups excluding carboxylic acids is 3. The summed E-state index contributed by atoms with van der Waals surface area (Å²) >= 11 is 0. The predicted molar refractivity (Wildman–Crippen MR) is 133 cm³/mol. The topological polar surface area (TPSA) is 114 Å². The van der Waals surface area contributed by atoms with E-state index in [1.807, 2.05) is 0 Å². The number of nitrogens with one attached hydrogen (secondary N) is 2. The molecule has 1 aromatic carbocycles. The summed E-state index contributed by atoms with van der Waals surface area (Å²) in [6.45, 7) is 1.41.